The number of nitrogens with two attached hydrogens (primary N) is 1. The van der Waals surface area contributed by atoms with Crippen LogP contribution in [0.4, 0.5) is 11.6 Å². The Morgan fingerprint density at radius 1 is 1.36 bits per heavy atom. The molecule has 1 aliphatic rings. The zero-order valence-electron chi connectivity index (χ0n) is 12.9. The van der Waals surface area contributed by atoms with Crippen LogP contribution in [0.15, 0.2) is 36.5 Å². The van der Waals surface area contributed by atoms with Gasteiger partial charge in [-0.05, 0) is 49.6 Å². The van der Waals surface area contributed by atoms with E-state index in [4.69, 9.17) is 10.5 Å². The predicted molar refractivity (Wildman–Crippen MR) is 87.9 cm³/mol. The highest BCUT2D eigenvalue weighted by atomic mass is 16.5. The minimum Gasteiger partial charge on any atom is -0.384 e. The molecule has 0 unspecified atom stereocenters. The summed E-state index contributed by atoms with van der Waals surface area (Å²) in [6.45, 7) is 4.56. The lowest BCUT2D eigenvalue weighted by atomic mass is 10.1. The fourth-order valence-corrected chi connectivity index (χ4v) is 2.78. The summed E-state index contributed by atoms with van der Waals surface area (Å²) < 4.78 is 5.90. The summed E-state index contributed by atoms with van der Waals surface area (Å²) >= 11 is 0. The average Bonchev–Trinajstić information content (AvgIpc) is 2.53. The first-order chi connectivity index (χ1) is 10.7. The Bertz CT molecular complexity index is 632. The van der Waals surface area contributed by atoms with Crippen LogP contribution in [-0.2, 0) is 11.2 Å². The van der Waals surface area contributed by atoms with Gasteiger partial charge in [0.05, 0.1) is 12.7 Å². The molecule has 0 aromatic carbocycles. The number of hydrogen-bond acceptors (Lipinski definition) is 5. The van der Waals surface area contributed by atoms with E-state index in [0.29, 0.717) is 5.82 Å². The van der Waals surface area contributed by atoms with E-state index in [1.54, 1.807) is 6.20 Å². The highest BCUT2D eigenvalue weighted by Gasteiger charge is 2.21. The van der Waals surface area contributed by atoms with Gasteiger partial charge in [0.1, 0.15) is 11.6 Å². The quantitative estimate of drug-likeness (QED) is 0.937. The normalized spacial score (nSPS) is 18.4. The molecule has 0 radical (unpaired) electrons. The summed E-state index contributed by atoms with van der Waals surface area (Å²) in [5, 5.41) is 0. The van der Waals surface area contributed by atoms with E-state index in [1.165, 1.54) is 5.56 Å². The van der Waals surface area contributed by atoms with Gasteiger partial charge in [0.2, 0.25) is 0 Å². The van der Waals surface area contributed by atoms with E-state index < -0.39 is 0 Å². The molecule has 0 aliphatic carbocycles. The van der Waals surface area contributed by atoms with Crippen molar-refractivity contribution in [2.24, 2.45) is 0 Å². The topological polar surface area (TPSA) is 64.3 Å². The van der Waals surface area contributed by atoms with E-state index in [9.17, 15) is 0 Å². The van der Waals surface area contributed by atoms with Crippen LogP contribution in [0.5, 0.6) is 0 Å². The molecular formula is C17H22N4O. The van der Waals surface area contributed by atoms with Crippen LogP contribution >= 0.6 is 0 Å². The third kappa shape index (κ3) is 3.74. The monoisotopic (exact) mass is 298 g/mol. The predicted octanol–water partition coefficient (Wildman–Crippen LogP) is 2.21. The number of morpholine rings is 1. The van der Waals surface area contributed by atoms with Crippen LogP contribution in [0.1, 0.15) is 17.7 Å². The minimum atomic E-state index is 0.227. The van der Waals surface area contributed by atoms with Crippen molar-refractivity contribution in [2.75, 3.05) is 30.3 Å². The number of pyridine rings is 2. The number of nitrogens with zero attached hydrogens (tertiary/aromatic N) is 3. The van der Waals surface area contributed by atoms with Crippen LogP contribution in [0.3, 0.4) is 0 Å². The first kappa shape index (κ1) is 14.8. The summed E-state index contributed by atoms with van der Waals surface area (Å²) in [5.74, 6) is 1.62. The van der Waals surface area contributed by atoms with Crippen molar-refractivity contribution >= 4 is 11.6 Å². The SMILES string of the molecule is Cc1cccc(N2CCO[C@H](CCc3ccnc(N)c3)C2)n1. The Balaban J connectivity index is 1.59. The Kier molecular flexibility index (Phi) is 4.53. The maximum absolute atomic E-state index is 5.90. The van der Waals surface area contributed by atoms with Crippen molar-refractivity contribution < 1.29 is 4.74 Å². The molecule has 22 heavy (non-hydrogen) atoms. The molecule has 0 saturated carbocycles. The Morgan fingerprint density at radius 3 is 3.09 bits per heavy atom. The van der Waals surface area contributed by atoms with Crippen LogP contribution in [0, 0.1) is 6.92 Å². The lowest BCUT2D eigenvalue weighted by molar-refractivity contribution is 0.0352. The second kappa shape index (κ2) is 6.75. The second-order valence-electron chi connectivity index (χ2n) is 5.70. The van der Waals surface area contributed by atoms with Crippen molar-refractivity contribution in [3.05, 3.63) is 47.8 Å². The van der Waals surface area contributed by atoms with Crippen molar-refractivity contribution in [1.29, 1.82) is 0 Å². The fourth-order valence-electron chi connectivity index (χ4n) is 2.78. The number of aryl methyl sites for hydroxylation is 2. The van der Waals surface area contributed by atoms with Crippen LogP contribution < -0.4 is 10.6 Å². The molecule has 5 heteroatoms. The van der Waals surface area contributed by atoms with Gasteiger partial charge in [-0.25, -0.2) is 9.97 Å². The van der Waals surface area contributed by atoms with Gasteiger partial charge in [0, 0.05) is 25.0 Å². The van der Waals surface area contributed by atoms with E-state index in [1.807, 2.05) is 25.1 Å². The maximum atomic E-state index is 5.90. The molecule has 1 atom stereocenters. The molecule has 0 amide bonds. The van der Waals surface area contributed by atoms with Gasteiger partial charge < -0.3 is 15.4 Å². The smallest absolute Gasteiger partial charge is 0.128 e. The number of aromatic nitrogens is 2. The molecule has 3 heterocycles. The maximum Gasteiger partial charge on any atom is 0.128 e. The zero-order valence-corrected chi connectivity index (χ0v) is 12.9. The summed E-state index contributed by atoms with van der Waals surface area (Å²) in [7, 11) is 0. The average molecular weight is 298 g/mol. The standard InChI is InChI=1S/C17H22N4O/c1-13-3-2-4-17(20-13)21-9-10-22-15(12-21)6-5-14-7-8-19-16(18)11-14/h2-4,7-8,11,15H,5-6,9-10,12H2,1H3,(H2,18,19)/t15-/m1/s1. The van der Waals surface area contributed by atoms with E-state index in [0.717, 1.165) is 44.0 Å². The molecule has 2 aromatic heterocycles. The summed E-state index contributed by atoms with van der Waals surface area (Å²) in [5.41, 5.74) is 7.98. The molecule has 2 N–H and O–H groups in total. The molecule has 0 spiro atoms. The van der Waals surface area contributed by atoms with Crippen molar-refractivity contribution in [2.45, 2.75) is 25.9 Å². The number of nitrogen functional groups attached to an aromatic ring is 1. The van der Waals surface area contributed by atoms with Crippen LogP contribution in [-0.4, -0.2) is 35.8 Å². The fraction of sp³-hybridized carbons (Fsp3) is 0.412. The van der Waals surface area contributed by atoms with E-state index in [-0.39, 0.29) is 6.10 Å². The highest BCUT2D eigenvalue weighted by Crippen LogP contribution is 2.18. The third-order valence-corrected chi connectivity index (χ3v) is 3.94. The lowest BCUT2D eigenvalue weighted by Gasteiger charge is -2.34. The van der Waals surface area contributed by atoms with Gasteiger partial charge in [-0.15, -0.1) is 0 Å². The van der Waals surface area contributed by atoms with Crippen molar-refractivity contribution in [1.82, 2.24) is 9.97 Å². The first-order valence-electron chi connectivity index (χ1n) is 7.71. The second-order valence-corrected chi connectivity index (χ2v) is 5.70. The van der Waals surface area contributed by atoms with E-state index in [2.05, 4.69) is 27.0 Å². The van der Waals surface area contributed by atoms with Gasteiger partial charge in [-0.1, -0.05) is 6.07 Å². The number of ether oxygens (including phenoxy) is 1. The number of anilines is 2. The number of hydrogen-bond donors (Lipinski definition) is 1. The third-order valence-electron chi connectivity index (χ3n) is 3.94. The summed E-state index contributed by atoms with van der Waals surface area (Å²) in [6.07, 6.45) is 3.92. The largest absolute Gasteiger partial charge is 0.384 e. The van der Waals surface area contributed by atoms with Gasteiger partial charge in [0.25, 0.3) is 0 Å². The summed E-state index contributed by atoms with van der Waals surface area (Å²) in [6, 6.07) is 10.1. The van der Waals surface area contributed by atoms with Gasteiger partial charge >= 0.3 is 0 Å². The molecule has 3 rings (SSSR count). The highest BCUT2D eigenvalue weighted by molar-refractivity contribution is 5.39. The van der Waals surface area contributed by atoms with E-state index >= 15 is 0 Å². The molecule has 0 bridgehead atoms. The van der Waals surface area contributed by atoms with Crippen molar-refractivity contribution in [3.63, 3.8) is 0 Å². The van der Waals surface area contributed by atoms with Gasteiger partial charge in [0.15, 0.2) is 0 Å². The summed E-state index contributed by atoms with van der Waals surface area (Å²) in [4.78, 5) is 10.9. The Hall–Kier alpha value is -2.14. The Morgan fingerprint density at radius 2 is 2.27 bits per heavy atom. The Labute approximate surface area is 131 Å². The molecule has 1 saturated heterocycles. The molecule has 1 fully saturated rings. The first-order valence-corrected chi connectivity index (χ1v) is 7.71. The molecule has 1 aliphatic heterocycles. The van der Waals surface area contributed by atoms with Crippen LogP contribution in [0.2, 0.25) is 0 Å². The lowest BCUT2D eigenvalue weighted by Crippen LogP contribution is -2.43. The van der Waals surface area contributed by atoms with Crippen LogP contribution in [0.25, 0.3) is 0 Å². The van der Waals surface area contributed by atoms with Gasteiger partial charge in [-0.2, -0.15) is 0 Å². The molecule has 5 nitrogen and oxygen atoms in total. The minimum absolute atomic E-state index is 0.227. The molecule has 116 valence electrons. The van der Waals surface area contributed by atoms with Gasteiger partial charge in [-0.3, -0.25) is 0 Å². The zero-order chi connectivity index (χ0) is 15.4. The van der Waals surface area contributed by atoms with Crippen molar-refractivity contribution in [3.8, 4) is 0 Å². The number of rotatable bonds is 4. The molecule has 2 aromatic rings. The molecular weight excluding hydrogens is 276 g/mol.